The molecule has 0 saturated heterocycles. The molecule has 96 valence electrons. The van der Waals surface area contributed by atoms with Gasteiger partial charge in [0.05, 0.1) is 18.2 Å². The number of nitrogens with one attached hydrogen (secondary N) is 1. The van der Waals surface area contributed by atoms with Crippen LogP contribution < -0.4 is 15.8 Å². The van der Waals surface area contributed by atoms with Crippen LogP contribution in [0.1, 0.15) is 5.56 Å². The van der Waals surface area contributed by atoms with E-state index in [-0.39, 0.29) is 6.54 Å². The van der Waals surface area contributed by atoms with Crippen molar-refractivity contribution in [1.29, 1.82) is 0 Å². The highest BCUT2D eigenvalue weighted by molar-refractivity contribution is 6.32. The average Bonchev–Trinajstić information content (AvgIpc) is 2.34. The Morgan fingerprint density at radius 1 is 1.53 bits per heavy atom. The summed E-state index contributed by atoms with van der Waals surface area (Å²) in [6, 6.07) is 5.72. The van der Waals surface area contributed by atoms with E-state index in [9.17, 15) is 5.11 Å². The molecule has 1 atom stereocenters. The predicted molar refractivity (Wildman–Crippen MR) is 69.6 cm³/mol. The molecule has 0 amide bonds. The zero-order chi connectivity index (χ0) is 12.7. The van der Waals surface area contributed by atoms with E-state index >= 15 is 0 Å². The molecular formula is C12H19ClN2O2. The van der Waals surface area contributed by atoms with Gasteiger partial charge in [0.1, 0.15) is 5.75 Å². The number of aliphatic hydroxyl groups excluding tert-OH is 1. The second-order valence-corrected chi connectivity index (χ2v) is 4.22. The Bertz CT molecular complexity index is 347. The highest BCUT2D eigenvalue weighted by atomic mass is 35.5. The summed E-state index contributed by atoms with van der Waals surface area (Å²) in [5.41, 5.74) is 6.43. The van der Waals surface area contributed by atoms with Crippen LogP contribution in [0.2, 0.25) is 5.02 Å². The predicted octanol–water partition coefficient (Wildman–Crippen LogP) is 0.800. The molecular weight excluding hydrogens is 240 g/mol. The minimum atomic E-state index is -0.477. The number of hydrogen-bond acceptors (Lipinski definition) is 4. The molecule has 1 rings (SSSR count). The van der Waals surface area contributed by atoms with Gasteiger partial charge in [-0.05, 0) is 30.7 Å². The topological polar surface area (TPSA) is 67.5 Å². The molecule has 4 N–H and O–H groups in total. The molecule has 1 aromatic carbocycles. The molecule has 1 aromatic rings. The Labute approximate surface area is 107 Å². The molecule has 0 aliphatic rings. The van der Waals surface area contributed by atoms with Gasteiger partial charge in [-0.25, -0.2) is 0 Å². The second kappa shape index (κ2) is 7.50. The van der Waals surface area contributed by atoms with Crippen LogP contribution in [-0.2, 0) is 6.42 Å². The number of hydrogen-bond donors (Lipinski definition) is 3. The van der Waals surface area contributed by atoms with Crippen LogP contribution in [0.4, 0.5) is 0 Å². The van der Waals surface area contributed by atoms with Crippen LogP contribution in [-0.4, -0.2) is 38.0 Å². The number of halogens is 1. The summed E-state index contributed by atoms with van der Waals surface area (Å²) < 4.78 is 5.08. The maximum absolute atomic E-state index is 9.24. The minimum absolute atomic E-state index is 0.279. The lowest BCUT2D eigenvalue weighted by molar-refractivity contribution is 0.180. The van der Waals surface area contributed by atoms with Gasteiger partial charge in [0, 0.05) is 13.1 Å². The third-order valence-electron chi connectivity index (χ3n) is 2.46. The van der Waals surface area contributed by atoms with Gasteiger partial charge in [0.2, 0.25) is 0 Å². The van der Waals surface area contributed by atoms with Gasteiger partial charge in [-0.2, -0.15) is 0 Å². The summed E-state index contributed by atoms with van der Waals surface area (Å²) in [5, 5.41) is 13.0. The zero-order valence-electron chi connectivity index (χ0n) is 9.95. The van der Waals surface area contributed by atoms with Gasteiger partial charge in [0.15, 0.2) is 0 Å². The van der Waals surface area contributed by atoms with E-state index in [4.69, 9.17) is 22.1 Å². The van der Waals surface area contributed by atoms with Gasteiger partial charge in [-0.1, -0.05) is 17.7 Å². The van der Waals surface area contributed by atoms with E-state index in [0.29, 0.717) is 17.3 Å². The van der Waals surface area contributed by atoms with E-state index in [0.717, 1.165) is 18.5 Å². The van der Waals surface area contributed by atoms with Gasteiger partial charge in [0.25, 0.3) is 0 Å². The van der Waals surface area contributed by atoms with Gasteiger partial charge >= 0.3 is 0 Å². The van der Waals surface area contributed by atoms with Crippen LogP contribution in [0.25, 0.3) is 0 Å². The lowest BCUT2D eigenvalue weighted by Gasteiger charge is -2.10. The van der Waals surface area contributed by atoms with Gasteiger partial charge in [-0.3, -0.25) is 0 Å². The molecule has 0 aromatic heterocycles. The van der Waals surface area contributed by atoms with Crippen LogP contribution in [0, 0.1) is 0 Å². The molecule has 4 nitrogen and oxygen atoms in total. The van der Waals surface area contributed by atoms with Crippen molar-refractivity contribution in [2.75, 3.05) is 26.7 Å². The number of benzene rings is 1. The Kier molecular flexibility index (Phi) is 6.29. The number of rotatable bonds is 7. The number of ether oxygens (including phenoxy) is 1. The van der Waals surface area contributed by atoms with Gasteiger partial charge < -0.3 is 20.9 Å². The second-order valence-electron chi connectivity index (χ2n) is 3.81. The Balaban J connectivity index is 2.34. The number of methoxy groups -OCH3 is 1. The molecule has 0 saturated carbocycles. The summed E-state index contributed by atoms with van der Waals surface area (Å²) >= 11 is 6.01. The van der Waals surface area contributed by atoms with Crippen molar-refractivity contribution in [1.82, 2.24) is 5.32 Å². The first-order valence-corrected chi connectivity index (χ1v) is 5.96. The van der Waals surface area contributed by atoms with Crippen molar-refractivity contribution in [2.45, 2.75) is 12.5 Å². The average molecular weight is 259 g/mol. The fraction of sp³-hybridized carbons (Fsp3) is 0.500. The fourth-order valence-electron chi connectivity index (χ4n) is 1.45. The maximum Gasteiger partial charge on any atom is 0.137 e. The number of nitrogens with two attached hydrogens (primary N) is 1. The smallest absolute Gasteiger partial charge is 0.137 e. The molecule has 0 radical (unpaired) electrons. The summed E-state index contributed by atoms with van der Waals surface area (Å²) in [6.07, 6.45) is 0.371. The molecule has 5 heteroatoms. The molecule has 0 bridgehead atoms. The van der Waals surface area contributed by atoms with Crippen molar-refractivity contribution >= 4 is 11.6 Å². The van der Waals surface area contributed by atoms with Crippen molar-refractivity contribution in [3.8, 4) is 5.75 Å². The minimum Gasteiger partial charge on any atom is -0.495 e. The normalized spacial score (nSPS) is 12.5. The summed E-state index contributed by atoms with van der Waals surface area (Å²) in [5.74, 6) is 0.682. The molecule has 0 spiro atoms. The third kappa shape index (κ3) is 4.91. The third-order valence-corrected chi connectivity index (χ3v) is 2.75. The first-order chi connectivity index (χ1) is 8.17. The standard InChI is InChI=1S/C12H19ClN2O2/c1-17-12-3-2-9(6-11(12)13)4-5-15-8-10(16)7-14/h2-3,6,10,15-16H,4-5,7-8,14H2,1H3. The molecule has 0 heterocycles. The molecule has 0 aliphatic heterocycles. The largest absolute Gasteiger partial charge is 0.495 e. The van der Waals surface area contributed by atoms with Crippen molar-refractivity contribution in [3.63, 3.8) is 0 Å². The molecule has 0 fully saturated rings. The van der Waals surface area contributed by atoms with Crippen LogP contribution >= 0.6 is 11.6 Å². The maximum atomic E-state index is 9.24. The van der Waals surface area contributed by atoms with Crippen molar-refractivity contribution in [3.05, 3.63) is 28.8 Å². The number of aliphatic hydroxyl groups is 1. The highest BCUT2D eigenvalue weighted by Gasteiger charge is 2.02. The quantitative estimate of drug-likeness (QED) is 0.633. The lowest BCUT2D eigenvalue weighted by Crippen LogP contribution is -2.33. The summed E-state index contributed by atoms with van der Waals surface area (Å²) in [6.45, 7) is 1.57. The van der Waals surface area contributed by atoms with E-state index < -0.39 is 6.10 Å². The van der Waals surface area contributed by atoms with Gasteiger partial charge in [-0.15, -0.1) is 0 Å². The zero-order valence-corrected chi connectivity index (χ0v) is 10.7. The van der Waals surface area contributed by atoms with E-state index in [1.165, 1.54) is 0 Å². The Hall–Kier alpha value is -0.810. The monoisotopic (exact) mass is 258 g/mol. The Morgan fingerprint density at radius 3 is 2.88 bits per heavy atom. The van der Waals surface area contributed by atoms with Crippen molar-refractivity contribution in [2.24, 2.45) is 5.73 Å². The molecule has 1 unspecified atom stereocenters. The SMILES string of the molecule is COc1ccc(CCNCC(O)CN)cc1Cl. The highest BCUT2D eigenvalue weighted by Crippen LogP contribution is 2.24. The summed E-state index contributed by atoms with van der Waals surface area (Å²) in [4.78, 5) is 0. The molecule has 17 heavy (non-hydrogen) atoms. The van der Waals surface area contributed by atoms with Crippen molar-refractivity contribution < 1.29 is 9.84 Å². The first kappa shape index (κ1) is 14.3. The summed E-state index contributed by atoms with van der Waals surface area (Å²) in [7, 11) is 1.59. The van der Waals surface area contributed by atoms with Crippen LogP contribution in [0.3, 0.4) is 0 Å². The van der Waals surface area contributed by atoms with E-state index in [2.05, 4.69) is 5.32 Å². The first-order valence-electron chi connectivity index (χ1n) is 5.58. The van der Waals surface area contributed by atoms with Crippen LogP contribution in [0.5, 0.6) is 5.75 Å². The van der Waals surface area contributed by atoms with Crippen LogP contribution in [0.15, 0.2) is 18.2 Å². The van der Waals surface area contributed by atoms with E-state index in [1.54, 1.807) is 7.11 Å². The van der Waals surface area contributed by atoms with E-state index in [1.807, 2.05) is 18.2 Å². The lowest BCUT2D eigenvalue weighted by atomic mass is 10.1. The fourth-order valence-corrected chi connectivity index (χ4v) is 1.73. The Morgan fingerprint density at radius 2 is 2.29 bits per heavy atom. The molecule has 0 aliphatic carbocycles.